The Morgan fingerprint density at radius 2 is 1.60 bits per heavy atom. The van der Waals surface area contributed by atoms with Gasteiger partial charge in [-0.15, -0.1) is 0 Å². The van der Waals surface area contributed by atoms with Crippen LogP contribution in [0.5, 0.6) is 0 Å². The molecule has 3 nitrogen and oxygen atoms in total. The summed E-state index contributed by atoms with van der Waals surface area (Å²) in [5.74, 6) is 0.176. The summed E-state index contributed by atoms with van der Waals surface area (Å²) in [6.45, 7) is 4.02. The quantitative estimate of drug-likeness (QED) is 0.529. The van der Waals surface area contributed by atoms with E-state index in [0.717, 1.165) is 18.5 Å². The third kappa shape index (κ3) is 6.00. The molecule has 1 rings (SSSR count). The van der Waals surface area contributed by atoms with E-state index in [4.69, 9.17) is 0 Å². The Kier molecular flexibility index (Phi) is 7.63. The number of rotatable bonds is 9. The molecule has 110 valence electrons. The van der Waals surface area contributed by atoms with E-state index in [-0.39, 0.29) is 11.7 Å². The molecule has 1 aromatic carbocycles. The standard InChI is InChI=1S/C17H25NO2/c1-3-5-6-7-8-9-17(20)18-15-12-10-14(11-13-15)16(19)4-2/h10-13H,3-9H2,1-2H3,(H,18,20). The third-order valence-electron chi connectivity index (χ3n) is 3.32. The minimum Gasteiger partial charge on any atom is -0.326 e. The first-order chi connectivity index (χ1) is 9.67. The summed E-state index contributed by atoms with van der Waals surface area (Å²) in [5, 5.41) is 2.87. The smallest absolute Gasteiger partial charge is 0.224 e. The summed E-state index contributed by atoms with van der Waals surface area (Å²) in [5.41, 5.74) is 1.46. The van der Waals surface area contributed by atoms with Crippen molar-refractivity contribution < 1.29 is 9.59 Å². The number of hydrogen-bond donors (Lipinski definition) is 1. The Bertz CT molecular complexity index is 423. The van der Waals surface area contributed by atoms with Crippen molar-refractivity contribution in [2.45, 2.75) is 58.8 Å². The van der Waals surface area contributed by atoms with Crippen LogP contribution in [0.2, 0.25) is 0 Å². The molecular weight excluding hydrogens is 250 g/mol. The zero-order valence-electron chi connectivity index (χ0n) is 12.6. The van der Waals surface area contributed by atoms with Crippen LogP contribution in [-0.2, 0) is 4.79 Å². The molecule has 3 heteroatoms. The Morgan fingerprint density at radius 3 is 2.20 bits per heavy atom. The lowest BCUT2D eigenvalue weighted by Crippen LogP contribution is -2.11. The molecule has 0 saturated heterocycles. The van der Waals surface area contributed by atoms with Gasteiger partial charge >= 0.3 is 0 Å². The van der Waals surface area contributed by atoms with E-state index in [0.29, 0.717) is 18.4 Å². The number of nitrogens with one attached hydrogen (secondary N) is 1. The van der Waals surface area contributed by atoms with E-state index in [1.165, 1.54) is 19.3 Å². The largest absolute Gasteiger partial charge is 0.326 e. The topological polar surface area (TPSA) is 46.2 Å². The lowest BCUT2D eigenvalue weighted by molar-refractivity contribution is -0.116. The minimum atomic E-state index is 0.0519. The molecule has 1 amide bonds. The number of unbranched alkanes of at least 4 members (excludes halogenated alkanes) is 4. The van der Waals surface area contributed by atoms with Crippen LogP contribution in [0.4, 0.5) is 5.69 Å². The van der Waals surface area contributed by atoms with E-state index in [1.807, 2.05) is 6.92 Å². The van der Waals surface area contributed by atoms with Crippen molar-refractivity contribution in [1.82, 2.24) is 0 Å². The molecule has 0 bridgehead atoms. The Balaban J connectivity index is 2.33. The second-order valence-electron chi connectivity index (χ2n) is 5.07. The lowest BCUT2D eigenvalue weighted by Gasteiger charge is -2.06. The zero-order valence-corrected chi connectivity index (χ0v) is 12.6. The van der Waals surface area contributed by atoms with Gasteiger partial charge in [-0.25, -0.2) is 0 Å². The maximum Gasteiger partial charge on any atom is 0.224 e. The van der Waals surface area contributed by atoms with Crippen molar-refractivity contribution in [3.05, 3.63) is 29.8 Å². The Morgan fingerprint density at radius 1 is 0.950 bits per heavy atom. The van der Waals surface area contributed by atoms with E-state index in [2.05, 4.69) is 12.2 Å². The van der Waals surface area contributed by atoms with Crippen LogP contribution in [-0.4, -0.2) is 11.7 Å². The molecule has 0 unspecified atom stereocenters. The second-order valence-corrected chi connectivity index (χ2v) is 5.07. The second kappa shape index (κ2) is 9.29. The zero-order chi connectivity index (χ0) is 14.8. The van der Waals surface area contributed by atoms with Gasteiger partial charge in [0.2, 0.25) is 5.91 Å². The average Bonchev–Trinajstić information content (AvgIpc) is 2.47. The SMILES string of the molecule is CCCCCCCC(=O)Nc1ccc(C(=O)CC)cc1. The minimum absolute atomic E-state index is 0.0519. The Hall–Kier alpha value is -1.64. The molecule has 0 spiro atoms. The van der Waals surface area contributed by atoms with Crippen molar-refractivity contribution in [3.63, 3.8) is 0 Å². The van der Waals surface area contributed by atoms with Crippen molar-refractivity contribution >= 4 is 17.4 Å². The number of carbonyl (C=O) groups is 2. The van der Waals surface area contributed by atoms with Crippen molar-refractivity contribution in [2.75, 3.05) is 5.32 Å². The first-order valence-electron chi connectivity index (χ1n) is 7.60. The van der Waals surface area contributed by atoms with Crippen LogP contribution >= 0.6 is 0 Å². The summed E-state index contributed by atoms with van der Waals surface area (Å²) < 4.78 is 0. The molecule has 0 radical (unpaired) electrons. The molecule has 0 fully saturated rings. The molecule has 1 N–H and O–H groups in total. The van der Waals surface area contributed by atoms with Crippen LogP contribution in [0.15, 0.2) is 24.3 Å². The van der Waals surface area contributed by atoms with Crippen molar-refractivity contribution in [3.8, 4) is 0 Å². The molecule has 0 heterocycles. The third-order valence-corrected chi connectivity index (χ3v) is 3.32. The highest BCUT2D eigenvalue weighted by atomic mass is 16.1. The summed E-state index contributed by atoms with van der Waals surface area (Å²) in [7, 11) is 0. The van der Waals surface area contributed by atoms with Crippen molar-refractivity contribution in [1.29, 1.82) is 0 Å². The van der Waals surface area contributed by atoms with Gasteiger partial charge in [-0.1, -0.05) is 39.5 Å². The monoisotopic (exact) mass is 275 g/mol. The molecular formula is C17H25NO2. The van der Waals surface area contributed by atoms with Gasteiger partial charge < -0.3 is 5.32 Å². The predicted molar refractivity (Wildman–Crippen MR) is 83.1 cm³/mol. The van der Waals surface area contributed by atoms with Gasteiger partial charge in [0.15, 0.2) is 5.78 Å². The molecule has 0 aliphatic heterocycles. The van der Waals surface area contributed by atoms with Gasteiger partial charge in [0.05, 0.1) is 0 Å². The van der Waals surface area contributed by atoms with Gasteiger partial charge in [0, 0.05) is 24.1 Å². The van der Waals surface area contributed by atoms with Gasteiger partial charge in [-0.05, 0) is 30.7 Å². The fourth-order valence-corrected chi connectivity index (χ4v) is 2.06. The summed E-state index contributed by atoms with van der Waals surface area (Å²) in [4.78, 5) is 23.2. The fourth-order valence-electron chi connectivity index (χ4n) is 2.06. The highest BCUT2D eigenvalue weighted by Gasteiger charge is 2.05. The number of benzene rings is 1. The van der Waals surface area contributed by atoms with Crippen LogP contribution in [0.1, 0.15) is 69.2 Å². The van der Waals surface area contributed by atoms with Crippen molar-refractivity contribution in [2.24, 2.45) is 0 Å². The van der Waals surface area contributed by atoms with E-state index >= 15 is 0 Å². The average molecular weight is 275 g/mol. The van der Waals surface area contributed by atoms with Crippen LogP contribution in [0, 0.1) is 0 Å². The van der Waals surface area contributed by atoms with Gasteiger partial charge in [0.1, 0.15) is 0 Å². The van der Waals surface area contributed by atoms with Crippen LogP contribution in [0.25, 0.3) is 0 Å². The lowest BCUT2D eigenvalue weighted by atomic mass is 10.1. The van der Waals surface area contributed by atoms with E-state index < -0.39 is 0 Å². The maximum absolute atomic E-state index is 11.7. The highest BCUT2D eigenvalue weighted by molar-refractivity contribution is 5.97. The molecule has 0 saturated carbocycles. The molecule has 0 aliphatic carbocycles. The first-order valence-corrected chi connectivity index (χ1v) is 7.60. The number of Topliss-reactive ketones (excluding diaryl/α,β-unsaturated/α-hetero) is 1. The number of ketones is 1. The number of hydrogen-bond acceptors (Lipinski definition) is 2. The van der Waals surface area contributed by atoms with Gasteiger partial charge in [-0.3, -0.25) is 9.59 Å². The van der Waals surface area contributed by atoms with E-state index in [1.54, 1.807) is 24.3 Å². The molecule has 0 aromatic heterocycles. The number of amides is 1. The van der Waals surface area contributed by atoms with Gasteiger partial charge in [0.25, 0.3) is 0 Å². The molecule has 1 aromatic rings. The van der Waals surface area contributed by atoms with Crippen LogP contribution in [0.3, 0.4) is 0 Å². The maximum atomic E-state index is 11.7. The van der Waals surface area contributed by atoms with Crippen LogP contribution < -0.4 is 5.32 Å². The summed E-state index contributed by atoms with van der Waals surface area (Å²) >= 11 is 0. The molecule has 0 aliphatic rings. The molecule has 20 heavy (non-hydrogen) atoms. The summed E-state index contributed by atoms with van der Waals surface area (Å²) in [6.07, 6.45) is 6.80. The summed E-state index contributed by atoms with van der Waals surface area (Å²) in [6, 6.07) is 7.11. The predicted octanol–water partition coefficient (Wildman–Crippen LogP) is 4.58. The fraction of sp³-hybridized carbons (Fsp3) is 0.529. The first kappa shape index (κ1) is 16.4. The Labute approximate surface area is 121 Å². The number of carbonyl (C=O) groups excluding carboxylic acids is 2. The number of anilines is 1. The highest BCUT2D eigenvalue weighted by Crippen LogP contribution is 2.12. The molecule has 0 atom stereocenters. The van der Waals surface area contributed by atoms with E-state index in [9.17, 15) is 9.59 Å². The normalized spacial score (nSPS) is 10.3. The van der Waals surface area contributed by atoms with Gasteiger partial charge in [-0.2, -0.15) is 0 Å².